The third kappa shape index (κ3) is 2.81. The molecule has 1 aromatic carbocycles. The van der Waals surface area contributed by atoms with E-state index in [2.05, 4.69) is 10.3 Å². The molecule has 0 N–H and O–H groups in total. The second-order valence-corrected chi connectivity index (χ2v) is 6.91. The number of hydrogen-bond donors (Lipinski definition) is 0. The minimum Gasteiger partial charge on any atom is -0.249 e. The molecule has 6 nitrogen and oxygen atoms in total. The molecule has 0 spiro atoms. The van der Waals surface area contributed by atoms with E-state index in [1.165, 1.54) is 16.4 Å². The van der Waals surface area contributed by atoms with Crippen molar-refractivity contribution in [3.8, 4) is 0 Å². The largest absolute Gasteiger partial charge is 0.249 e. The lowest BCUT2D eigenvalue weighted by Gasteiger charge is -2.31. The Morgan fingerprint density at radius 2 is 1.81 bits per heavy atom. The molecule has 0 radical (unpaired) electrons. The molecule has 3 rings (SSSR count). The highest BCUT2D eigenvalue weighted by Crippen LogP contribution is 2.26. The molecular weight excluding hydrogens is 295 g/mol. The van der Waals surface area contributed by atoms with Crippen LogP contribution in [0.1, 0.15) is 18.9 Å². The molecule has 2 aromatic rings. The Bertz CT molecular complexity index is 692. The van der Waals surface area contributed by atoms with Crippen LogP contribution >= 0.6 is 0 Å². The van der Waals surface area contributed by atoms with Crippen molar-refractivity contribution in [2.75, 3.05) is 13.1 Å². The molecule has 112 valence electrons. The molecule has 1 saturated heterocycles. The molecule has 0 aliphatic carbocycles. The van der Waals surface area contributed by atoms with Crippen LogP contribution in [-0.2, 0) is 10.0 Å². The molecule has 0 bridgehead atoms. The van der Waals surface area contributed by atoms with Gasteiger partial charge in [0.05, 0.1) is 17.1 Å². The summed E-state index contributed by atoms with van der Waals surface area (Å²) in [6, 6.07) is 5.10. The monoisotopic (exact) mass is 310 g/mol. The molecule has 1 aromatic heterocycles. The number of sulfonamides is 1. The molecule has 1 aliphatic rings. The van der Waals surface area contributed by atoms with E-state index >= 15 is 0 Å². The maximum atomic E-state index is 12.9. The van der Waals surface area contributed by atoms with Gasteiger partial charge in [0.2, 0.25) is 10.0 Å². The molecule has 0 saturated carbocycles. The fraction of sp³-hybridized carbons (Fsp3) is 0.385. The highest BCUT2D eigenvalue weighted by atomic mass is 32.2. The molecule has 1 aliphatic heterocycles. The van der Waals surface area contributed by atoms with Crippen LogP contribution in [0.5, 0.6) is 0 Å². The Balaban J connectivity index is 1.72. The summed E-state index contributed by atoms with van der Waals surface area (Å²) >= 11 is 0. The van der Waals surface area contributed by atoms with E-state index < -0.39 is 15.8 Å². The zero-order valence-corrected chi connectivity index (χ0v) is 12.1. The Morgan fingerprint density at radius 3 is 2.38 bits per heavy atom. The minimum atomic E-state index is -3.55. The molecule has 2 heterocycles. The van der Waals surface area contributed by atoms with Gasteiger partial charge in [-0.25, -0.2) is 17.5 Å². The van der Waals surface area contributed by atoms with E-state index in [1.807, 2.05) is 0 Å². The van der Waals surface area contributed by atoms with Crippen LogP contribution in [0.4, 0.5) is 4.39 Å². The first kappa shape index (κ1) is 14.2. The van der Waals surface area contributed by atoms with Crippen LogP contribution in [0.25, 0.3) is 0 Å². The standard InChI is InChI=1S/C13H15FN4O2S/c14-11-1-3-13(4-2-11)21(19,20)17-8-5-12(6-9-17)18-10-7-15-16-18/h1-4,7,10,12H,5-6,8-9H2. The lowest BCUT2D eigenvalue weighted by molar-refractivity contribution is 0.258. The smallest absolute Gasteiger partial charge is 0.243 e. The number of halogens is 1. The SMILES string of the molecule is O=S(=O)(c1ccc(F)cc1)N1CCC(n2ccnn2)CC1. The lowest BCUT2D eigenvalue weighted by Crippen LogP contribution is -2.39. The summed E-state index contributed by atoms with van der Waals surface area (Å²) in [5, 5.41) is 7.72. The molecular formula is C13H15FN4O2S. The maximum Gasteiger partial charge on any atom is 0.243 e. The van der Waals surface area contributed by atoms with Gasteiger partial charge in [0.25, 0.3) is 0 Å². The summed E-state index contributed by atoms with van der Waals surface area (Å²) in [6.45, 7) is 0.842. The second-order valence-electron chi connectivity index (χ2n) is 4.97. The fourth-order valence-corrected chi connectivity index (χ4v) is 3.98. The van der Waals surface area contributed by atoms with Gasteiger partial charge in [-0.1, -0.05) is 5.21 Å². The molecule has 0 atom stereocenters. The van der Waals surface area contributed by atoms with Crippen molar-refractivity contribution < 1.29 is 12.8 Å². The zero-order chi connectivity index (χ0) is 14.9. The summed E-state index contributed by atoms with van der Waals surface area (Å²) in [5.41, 5.74) is 0. The van der Waals surface area contributed by atoms with Crippen LogP contribution in [0.2, 0.25) is 0 Å². The van der Waals surface area contributed by atoms with Crippen molar-refractivity contribution >= 4 is 10.0 Å². The van der Waals surface area contributed by atoms with E-state index in [0.29, 0.717) is 25.9 Å². The van der Waals surface area contributed by atoms with Crippen LogP contribution in [0, 0.1) is 5.82 Å². The fourth-order valence-electron chi connectivity index (χ4n) is 2.51. The van der Waals surface area contributed by atoms with Gasteiger partial charge in [0.1, 0.15) is 5.82 Å². The predicted molar refractivity (Wildman–Crippen MR) is 73.5 cm³/mol. The van der Waals surface area contributed by atoms with E-state index in [9.17, 15) is 12.8 Å². The van der Waals surface area contributed by atoms with Gasteiger partial charge in [-0.2, -0.15) is 4.31 Å². The normalized spacial score (nSPS) is 18.0. The van der Waals surface area contributed by atoms with E-state index in [0.717, 1.165) is 12.1 Å². The number of nitrogens with zero attached hydrogens (tertiary/aromatic N) is 4. The van der Waals surface area contributed by atoms with Gasteiger partial charge >= 0.3 is 0 Å². The highest BCUT2D eigenvalue weighted by Gasteiger charge is 2.30. The quantitative estimate of drug-likeness (QED) is 0.860. The van der Waals surface area contributed by atoms with E-state index in [4.69, 9.17) is 0 Å². The van der Waals surface area contributed by atoms with Crippen molar-refractivity contribution in [1.82, 2.24) is 19.3 Å². The summed E-state index contributed by atoms with van der Waals surface area (Å²) < 4.78 is 41.0. The Hall–Kier alpha value is -1.80. The third-order valence-electron chi connectivity index (χ3n) is 3.69. The Kier molecular flexibility index (Phi) is 3.73. The maximum absolute atomic E-state index is 12.9. The van der Waals surface area contributed by atoms with Crippen molar-refractivity contribution in [3.05, 3.63) is 42.5 Å². The Labute approximate surface area is 122 Å². The number of hydrogen-bond acceptors (Lipinski definition) is 4. The predicted octanol–water partition coefficient (Wildman–Crippen LogP) is 1.44. The zero-order valence-electron chi connectivity index (χ0n) is 11.3. The van der Waals surface area contributed by atoms with Gasteiger partial charge in [0, 0.05) is 19.3 Å². The van der Waals surface area contributed by atoms with E-state index in [1.54, 1.807) is 17.1 Å². The lowest BCUT2D eigenvalue weighted by atomic mass is 10.1. The third-order valence-corrected chi connectivity index (χ3v) is 5.60. The van der Waals surface area contributed by atoms with E-state index in [-0.39, 0.29) is 10.9 Å². The second kappa shape index (κ2) is 5.53. The van der Waals surface area contributed by atoms with Crippen LogP contribution in [0.3, 0.4) is 0 Å². The van der Waals surface area contributed by atoms with Gasteiger partial charge < -0.3 is 0 Å². The van der Waals surface area contributed by atoms with Crippen molar-refractivity contribution in [2.24, 2.45) is 0 Å². The van der Waals surface area contributed by atoms with Crippen LogP contribution < -0.4 is 0 Å². The molecule has 21 heavy (non-hydrogen) atoms. The first-order valence-electron chi connectivity index (χ1n) is 6.69. The molecule has 0 amide bonds. The molecule has 1 fully saturated rings. The van der Waals surface area contributed by atoms with Crippen LogP contribution in [-0.4, -0.2) is 40.8 Å². The van der Waals surface area contributed by atoms with Gasteiger partial charge in [-0.05, 0) is 37.1 Å². The Morgan fingerprint density at radius 1 is 1.14 bits per heavy atom. The molecule has 8 heteroatoms. The van der Waals surface area contributed by atoms with Gasteiger partial charge in [-0.15, -0.1) is 5.10 Å². The minimum absolute atomic E-state index is 0.128. The average molecular weight is 310 g/mol. The van der Waals surface area contributed by atoms with Crippen molar-refractivity contribution in [2.45, 2.75) is 23.8 Å². The molecule has 0 unspecified atom stereocenters. The number of benzene rings is 1. The van der Waals surface area contributed by atoms with Crippen LogP contribution in [0.15, 0.2) is 41.6 Å². The highest BCUT2D eigenvalue weighted by molar-refractivity contribution is 7.89. The van der Waals surface area contributed by atoms with Crippen molar-refractivity contribution in [1.29, 1.82) is 0 Å². The number of piperidine rings is 1. The topological polar surface area (TPSA) is 68.1 Å². The first-order valence-corrected chi connectivity index (χ1v) is 8.13. The van der Waals surface area contributed by atoms with Gasteiger partial charge in [-0.3, -0.25) is 0 Å². The summed E-state index contributed by atoms with van der Waals surface area (Å²) in [4.78, 5) is 0.128. The summed E-state index contributed by atoms with van der Waals surface area (Å²) in [7, 11) is -3.55. The summed E-state index contributed by atoms with van der Waals surface area (Å²) in [6.07, 6.45) is 4.77. The van der Waals surface area contributed by atoms with Gasteiger partial charge in [0.15, 0.2) is 0 Å². The first-order chi connectivity index (χ1) is 10.1. The summed E-state index contributed by atoms with van der Waals surface area (Å²) in [5.74, 6) is -0.446. The van der Waals surface area contributed by atoms with Crippen molar-refractivity contribution in [3.63, 3.8) is 0 Å². The number of aromatic nitrogens is 3. The average Bonchev–Trinajstić information content (AvgIpc) is 3.02. The number of rotatable bonds is 3.